The van der Waals surface area contributed by atoms with Gasteiger partial charge in [0.05, 0.1) is 31.6 Å². The Kier molecular flexibility index (Phi) is 3.60. The zero-order chi connectivity index (χ0) is 20.2. The second kappa shape index (κ2) is 6.34. The van der Waals surface area contributed by atoms with Crippen molar-refractivity contribution in [3.05, 3.63) is 41.6 Å². The Morgan fingerprint density at radius 3 is 1.73 bits per heavy atom. The summed E-state index contributed by atoms with van der Waals surface area (Å²) in [5.41, 5.74) is 2.61. The smallest absolute Gasteiger partial charge is 0.243 e. The highest BCUT2D eigenvalue weighted by Gasteiger charge is 2.22. The molecule has 0 fully saturated rings. The van der Waals surface area contributed by atoms with E-state index in [-0.39, 0.29) is 35.0 Å². The van der Waals surface area contributed by atoms with Crippen LogP contribution in [0.3, 0.4) is 0 Å². The third kappa shape index (κ3) is 2.49. The monoisotopic (exact) mass is 437 g/mol. The van der Waals surface area contributed by atoms with E-state index in [1.165, 1.54) is 29.0 Å². The second-order valence-corrected chi connectivity index (χ2v) is 8.19. The van der Waals surface area contributed by atoms with Gasteiger partial charge >= 0.3 is 0 Å². The first-order valence-electron chi connectivity index (χ1n) is 8.69. The van der Waals surface area contributed by atoms with Gasteiger partial charge in [0.1, 0.15) is 6.33 Å². The number of aromatic amines is 2. The Balaban J connectivity index is 1.38. The average molecular weight is 437 g/mol. The quantitative estimate of drug-likeness (QED) is 0.303. The zero-order valence-electron chi connectivity index (χ0n) is 14.9. The Labute approximate surface area is 175 Å². The van der Waals surface area contributed by atoms with E-state index in [2.05, 4.69) is 24.9 Å². The van der Waals surface area contributed by atoms with Crippen molar-refractivity contribution >= 4 is 43.1 Å². The summed E-state index contributed by atoms with van der Waals surface area (Å²) in [6, 6.07) is 3.71. The van der Waals surface area contributed by atoms with E-state index in [9.17, 15) is 10.2 Å². The van der Waals surface area contributed by atoms with Gasteiger partial charge in [0.15, 0.2) is 11.5 Å². The van der Waals surface area contributed by atoms with Crippen molar-refractivity contribution < 1.29 is 19.7 Å². The maximum Gasteiger partial charge on any atom is 0.243 e. The first-order chi connectivity index (χ1) is 14.7. The third-order valence-corrected chi connectivity index (χ3v) is 6.44. The number of nitrogens with one attached hydrogen (secondary N) is 2. The van der Waals surface area contributed by atoms with E-state index in [0.29, 0.717) is 20.5 Å². The maximum atomic E-state index is 10.4. The van der Waals surface area contributed by atoms with Gasteiger partial charge in [0.25, 0.3) is 0 Å². The zero-order valence-corrected chi connectivity index (χ0v) is 16.5. The van der Waals surface area contributed by atoms with Crippen molar-refractivity contribution in [2.45, 2.75) is 0 Å². The summed E-state index contributed by atoms with van der Waals surface area (Å²) in [6.45, 7) is 0. The van der Waals surface area contributed by atoms with Gasteiger partial charge in [-0.3, -0.25) is 4.98 Å². The molecule has 0 atom stereocenters. The fraction of sp³-hybridized carbons (Fsp3) is 0. The minimum Gasteiger partial charge on any atom is -0.502 e. The molecule has 0 bridgehead atoms. The van der Waals surface area contributed by atoms with Crippen LogP contribution in [-0.4, -0.2) is 35.1 Å². The molecule has 0 radical (unpaired) electrons. The molecule has 4 aromatic heterocycles. The van der Waals surface area contributed by atoms with Crippen molar-refractivity contribution in [2.75, 3.05) is 0 Å². The molecular weight excluding hydrogens is 426 g/mol. The minimum atomic E-state index is 0.0155. The number of nitrogens with zero attached hydrogens (tertiary/aromatic N) is 3. The second-order valence-electron chi connectivity index (χ2n) is 6.35. The number of hydrogen-bond donors (Lipinski definition) is 4. The lowest BCUT2D eigenvalue weighted by Crippen LogP contribution is -1.90. The SMILES string of the molecule is Oc1c(Oc2ncnc(Oc3[nH]c4ccsc4c3O)c3cncc2-3)[nH]c2ccsc12. The molecular formula is C19H11N5O4S2. The van der Waals surface area contributed by atoms with Crippen LogP contribution < -0.4 is 9.47 Å². The van der Waals surface area contributed by atoms with Crippen molar-refractivity contribution in [1.29, 1.82) is 0 Å². The Morgan fingerprint density at radius 2 is 1.27 bits per heavy atom. The van der Waals surface area contributed by atoms with Crippen LogP contribution in [0.2, 0.25) is 0 Å². The summed E-state index contributed by atoms with van der Waals surface area (Å²) in [4.78, 5) is 18.7. The molecule has 11 heteroatoms. The minimum absolute atomic E-state index is 0.0155. The molecule has 0 unspecified atom stereocenters. The molecule has 0 spiro atoms. The topological polar surface area (TPSA) is 129 Å². The molecule has 6 rings (SSSR count). The van der Waals surface area contributed by atoms with Crippen LogP contribution >= 0.6 is 22.7 Å². The molecule has 6 heterocycles. The van der Waals surface area contributed by atoms with Crippen LogP contribution in [-0.2, 0) is 0 Å². The maximum absolute atomic E-state index is 10.4. The summed E-state index contributed by atoms with van der Waals surface area (Å²) in [5, 5.41) is 24.5. The molecule has 2 aliphatic heterocycles. The van der Waals surface area contributed by atoms with Crippen molar-refractivity contribution in [2.24, 2.45) is 0 Å². The van der Waals surface area contributed by atoms with Crippen LogP contribution in [0.5, 0.6) is 35.0 Å². The van der Waals surface area contributed by atoms with E-state index in [1.54, 1.807) is 12.4 Å². The standard InChI is InChI=1S/C19H11N5O4S2/c25-12-14-10(1-3-29-14)23-18(12)27-16-8-5-20-6-9(8)17(22-7-21-16)28-19-13(26)15-11(24-19)2-4-30-15/h1-7,23-26H. The summed E-state index contributed by atoms with van der Waals surface area (Å²) >= 11 is 2.81. The number of H-pyrrole nitrogens is 2. The van der Waals surface area contributed by atoms with Crippen LogP contribution in [0.25, 0.3) is 31.6 Å². The Bertz CT molecular complexity index is 1390. The number of aromatic nitrogens is 5. The Morgan fingerprint density at radius 1 is 0.767 bits per heavy atom. The van der Waals surface area contributed by atoms with E-state index >= 15 is 0 Å². The average Bonchev–Trinajstić information content (AvgIpc) is 3.52. The summed E-state index contributed by atoms with van der Waals surface area (Å²) in [5.74, 6) is 0.797. The third-order valence-electron chi connectivity index (χ3n) is 4.59. The van der Waals surface area contributed by atoms with E-state index < -0.39 is 0 Å². The first kappa shape index (κ1) is 17.1. The molecule has 0 amide bonds. The summed E-state index contributed by atoms with van der Waals surface area (Å²) in [6.07, 6.45) is 4.43. The molecule has 0 aromatic carbocycles. The number of ether oxygens (including phenoxy) is 2. The van der Waals surface area contributed by atoms with E-state index in [4.69, 9.17) is 9.47 Å². The van der Waals surface area contributed by atoms with Gasteiger partial charge in [0.2, 0.25) is 23.5 Å². The highest BCUT2D eigenvalue weighted by atomic mass is 32.1. The lowest BCUT2D eigenvalue weighted by atomic mass is 10.2. The predicted octanol–water partition coefficient (Wildman–Crippen LogP) is 5.06. The number of thiophene rings is 2. The molecule has 4 aromatic rings. The predicted molar refractivity (Wildman–Crippen MR) is 112 cm³/mol. The number of rotatable bonds is 4. The first-order valence-corrected chi connectivity index (χ1v) is 10.5. The molecule has 4 N–H and O–H groups in total. The van der Waals surface area contributed by atoms with Gasteiger partial charge < -0.3 is 29.7 Å². The lowest BCUT2D eigenvalue weighted by Gasteiger charge is -2.06. The number of fused-ring (bicyclic) bond motifs is 3. The fourth-order valence-electron chi connectivity index (χ4n) is 3.19. The van der Waals surface area contributed by atoms with Gasteiger partial charge in [-0.1, -0.05) is 0 Å². The van der Waals surface area contributed by atoms with Crippen molar-refractivity contribution in [1.82, 2.24) is 24.9 Å². The molecule has 0 saturated heterocycles. The molecule has 9 nitrogen and oxygen atoms in total. The van der Waals surface area contributed by atoms with Gasteiger partial charge in [-0.25, -0.2) is 9.97 Å². The van der Waals surface area contributed by atoms with Crippen molar-refractivity contribution in [3.8, 4) is 46.1 Å². The summed E-state index contributed by atoms with van der Waals surface area (Å²) in [7, 11) is 0. The molecule has 2 aliphatic rings. The highest BCUT2D eigenvalue weighted by Crippen LogP contribution is 2.45. The van der Waals surface area contributed by atoms with E-state index in [1.807, 2.05) is 22.9 Å². The van der Waals surface area contributed by atoms with Gasteiger partial charge in [-0.15, -0.1) is 22.7 Å². The number of hydrogen-bond acceptors (Lipinski definition) is 9. The molecule has 148 valence electrons. The highest BCUT2D eigenvalue weighted by molar-refractivity contribution is 7.17. The van der Waals surface area contributed by atoms with Crippen molar-refractivity contribution in [3.63, 3.8) is 0 Å². The summed E-state index contributed by atoms with van der Waals surface area (Å²) < 4.78 is 13.1. The fourth-order valence-corrected chi connectivity index (χ4v) is 4.78. The van der Waals surface area contributed by atoms with Crippen LogP contribution in [0, 0.1) is 0 Å². The normalized spacial score (nSPS) is 11.6. The largest absolute Gasteiger partial charge is 0.502 e. The molecule has 0 saturated carbocycles. The van der Waals surface area contributed by atoms with Gasteiger partial charge in [-0.2, -0.15) is 0 Å². The number of aromatic hydroxyl groups is 2. The van der Waals surface area contributed by atoms with Crippen LogP contribution in [0.4, 0.5) is 0 Å². The van der Waals surface area contributed by atoms with E-state index in [0.717, 1.165) is 11.0 Å². The van der Waals surface area contributed by atoms with Crippen LogP contribution in [0.15, 0.2) is 41.6 Å². The Hall–Kier alpha value is -3.83. The molecule has 0 aliphatic carbocycles. The van der Waals surface area contributed by atoms with Crippen LogP contribution in [0.1, 0.15) is 0 Å². The van der Waals surface area contributed by atoms with Gasteiger partial charge in [0, 0.05) is 12.4 Å². The van der Waals surface area contributed by atoms with Gasteiger partial charge in [-0.05, 0) is 22.9 Å². The molecule has 30 heavy (non-hydrogen) atoms. The lowest BCUT2D eigenvalue weighted by molar-refractivity contribution is 0.399.